The van der Waals surface area contributed by atoms with E-state index < -0.39 is 18.0 Å². The molecule has 0 radical (unpaired) electrons. The second-order valence-corrected chi connectivity index (χ2v) is 4.20. The molecule has 3 N–H and O–H groups in total. The Morgan fingerprint density at radius 1 is 1.56 bits per heavy atom. The van der Waals surface area contributed by atoms with E-state index in [9.17, 15) is 9.59 Å². The topological polar surface area (TPSA) is 96.3 Å². The highest BCUT2D eigenvalue weighted by Crippen LogP contribution is 2.09. The highest BCUT2D eigenvalue weighted by molar-refractivity contribution is 5.92. The molecule has 1 aromatic rings. The number of carboxylic acid groups (broad SMARTS) is 1. The van der Waals surface area contributed by atoms with Crippen molar-refractivity contribution >= 4 is 17.7 Å². The van der Waals surface area contributed by atoms with Crippen LogP contribution in [0.15, 0.2) is 12.4 Å². The summed E-state index contributed by atoms with van der Waals surface area (Å²) in [4.78, 5) is 22.7. The molecular weight excluding hydrogens is 236 g/mol. The summed E-state index contributed by atoms with van der Waals surface area (Å²) in [7, 11) is 1.72. The third-order valence-corrected chi connectivity index (χ3v) is 2.73. The van der Waals surface area contributed by atoms with Crippen molar-refractivity contribution in [1.82, 2.24) is 15.1 Å². The number of aliphatic carboxylic acids is 1. The van der Waals surface area contributed by atoms with E-state index in [2.05, 4.69) is 15.7 Å². The first-order valence-electron chi connectivity index (χ1n) is 5.73. The van der Waals surface area contributed by atoms with E-state index in [0.29, 0.717) is 12.1 Å². The maximum atomic E-state index is 11.6. The summed E-state index contributed by atoms with van der Waals surface area (Å²) in [5.74, 6) is -1.17. The van der Waals surface area contributed by atoms with Crippen molar-refractivity contribution < 1.29 is 14.7 Å². The Morgan fingerprint density at radius 2 is 2.22 bits per heavy atom. The fraction of sp³-hybridized carbons (Fsp3) is 0.545. The lowest BCUT2D eigenvalue weighted by molar-refractivity contribution is -0.140. The zero-order valence-corrected chi connectivity index (χ0v) is 10.7. The zero-order chi connectivity index (χ0) is 13.7. The van der Waals surface area contributed by atoms with Crippen LogP contribution in [-0.4, -0.2) is 32.9 Å². The molecule has 1 rings (SSSR count). The Hall–Kier alpha value is -2.05. The molecule has 0 aliphatic carbocycles. The van der Waals surface area contributed by atoms with Gasteiger partial charge in [0.2, 0.25) is 0 Å². The number of carbonyl (C=O) groups excluding carboxylic acids is 1. The molecular formula is C11H18N4O3. The van der Waals surface area contributed by atoms with Crippen molar-refractivity contribution in [2.45, 2.75) is 26.3 Å². The number of nitrogens with one attached hydrogen (secondary N) is 2. The molecule has 0 saturated heterocycles. The Labute approximate surface area is 105 Å². The number of nitrogens with zero attached hydrogens (tertiary/aromatic N) is 2. The average molecular weight is 254 g/mol. The summed E-state index contributed by atoms with van der Waals surface area (Å²) >= 11 is 0. The van der Waals surface area contributed by atoms with Crippen molar-refractivity contribution in [2.24, 2.45) is 13.0 Å². The van der Waals surface area contributed by atoms with Crippen LogP contribution in [0, 0.1) is 5.92 Å². The van der Waals surface area contributed by atoms with E-state index in [1.165, 1.54) is 6.20 Å². The molecule has 1 aromatic heterocycles. The van der Waals surface area contributed by atoms with Gasteiger partial charge in [-0.05, 0) is 5.92 Å². The van der Waals surface area contributed by atoms with Gasteiger partial charge in [0.25, 0.3) is 0 Å². The number of hydrogen-bond donors (Lipinski definition) is 3. The Kier molecular flexibility index (Phi) is 4.70. The van der Waals surface area contributed by atoms with E-state index in [-0.39, 0.29) is 5.92 Å². The van der Waals surface area contributed by atoms with Crippen molar-refractivity contribution in [3.8, 4) is 0 Å². The minimum atomic E-state index is -1.04. The quantitative estimate of drug-likeness (QED) is 0.731. The predicted octanol–water partition coefficient (Wildman–Crippen LogP) is 1.04. The number of carboxylic acids is 1. The van der Waals surface area contributed by atoms with Gasteiger partial charge in [-0.1, -0.05) is 20.3 Å². The van der Waals surface area contributed by atoms with Gasteiger partial charge in [-0.3, -0.25) is 4.68 Å². The van der Waals surface area contributed by atoms with Crippen LogP contribution in [0.5, 0.6) is 0 Å². The minimum Gasteiger partial charge on any atom is -0.480 e. The van der Waals surface area contributed by atoms with Crippen LogP contribution in [0.2, 0.25) is 0 Å². The highest BCUT2D eigenvalue weighted by Gasteiger charge is 2.25. The standard InChI is InChI=1S/C11H18N4O3/c1-4-7(2)9(10(16)17)14-11(18)13-8-5-12-15(3)6-8/h5-7,9H,4H2,1-3H3,(H,16,17)(H2,13,14,18)/t7?,9-/m0/s1. The molecule has 2 atom stereocenters. The van der Waals surface area contributed by atoms with Crippen LogP contribution in [0.3, 0.4) is 0 Å². The van der Waals surface area contributed by atoms with Gasteiger partial charge in [0.05, 0.1) is 11.9 Å². The summed E-state index contributed by atoms with van der Waals surface area (Å²) in [6, 6.07) is -1.44. The first-order chi connectivity index (χ1) is 8.43. The third kappa shape index (κ3) is 3.76. The number of urea groups is 1. The highest BCUT2D eigenvalue weighted by atomic mass is 16.4. The Morgan fingerprint density at radius 3 is 2.67 bits per heavy atom. The Bertz CT molecular complexity index is 430. The van der Waals surface area contributed by atoms with Gasteiger partial charge in [-0.15, -0.1) is 0 Å². The molecule has 0 spiro atoms. The van der Waals surface area contributed by atoms with Crippen LogP contribution in [0.4, 0.5) is 10.5 Å². The summed E-state index contributed by atoms with van der Waals surface area (Å²) in [5, 5.41) is 17.9. The third-order valence-electron chi connectivity index (χ3n) is 2.73. The number of amides is 2. The smallest absolute Gasteiger partial charge is 0.326 e. The molecule has 2 amide bonds. The van der Waals surface area contributed by atoms with Gasteiger partial charge in [0, 0.05) is 13.2 Å². The van der Waals surface area contributed by atoms with Gasteiger partial charge in [0.1, 0.15) is 6.04 Å². The number of rotatable bonds is 5. The van der Waals surface area contributed by atoms with Crippen molar-refractivity contribution in [2.75, 3.05) is 5.32 Å². The minimum absolute atomic E-state index is 0.137. The van der Waals surface area contributed by atoms with Crippen LogP contribution in [0.1, 0.15) is 20.3 Å². The SMILES string of the molecule is CCC(C)[C@H](NC(=O)Nc1cnn(C)c1)C(=O)O. The first-order valence-corrected chi connectivity index (χ1v) is 5.73. The number of aromatic nitrogens is 2. The van der Waals surface area contributed by atoms with Crippen LogP contribution in [0.25, 0.3) is 0 Å². The lowest BCUT2D eigenvalue weighted by Gasteiger charge is -2.20. The average Bonchev–Trinajstić information content (AvgIpc) is 2.70. The lowest BCUT2D eigenvalue weighted by atomic mass is 9.99. The predicted molar refractivity (Wildman–Crippen MR) is 66.2 cm³/mol. The van der Waals surface area contributed by atoms with Gasteiger partial charge >= 0.3 is 12.0 Å². The Balaban J connectivity index is 2.59. The second-order valence-electron chi connectivity index (χ2n) is 4.20. The van der Waals surface area contributed by atoms with E-state index >= 15 is 0 Å². The fourth-order valence-electron chi connectivity index (χ4n) is 1.48. The maximum absolute atomic E-state index is 11.6. The molecule has 0 aliphatic rings. The number of anilines is 1. The summed E-state index contributed by atoms with van der Waals surface area (Å²) in [5.41, 5.74) is 0.517. The molecule has 0 saturated carbocycles. The van der Waals surface area contributed by atoms with E-state index in [1.54, 1.807) is 24.9 Å². The van der Waals surface area contributed by atoms with Gasteiger partial charge < -0.3 is 15.7 Å². The van der Waals surface area contributed by atoms with Gasteiger partial charge in [0.15, 0.2) is 0 Å². The molecule has 0 aromatic carbocycles. The molecule has 0 bridgehead atoms. The monoisotopic (exact) mass is 254 g/mol. The molecule has 18 heavy (non-hydrogen) atoms. The van der Waals surface area contributed by atoms with E-state index in [0.717, 1.165) is 0 Å². The van der Waals surface area contributed by atoms with Crippen LogP contribution < -0.4 is 10.6 Å². The molecule has 7 nitrogen and oxygen atoms in total. The first kappa shape index (κ1) is 14.0. The maximum Gasteiger partial charge on any atom is 0.326 e. The summed E-state index contributed by atoms with van der Waals surface area (Å²) < 4.78 is 1.54. The van der Waals surface area contributed by atoms with E-state index in [1.807, 2.05) is 6.92 Å². The van der Waals surface area contributed by atoms with E-state index in [4.69, 9.17) is 5.11 Å². The molecule has 1 unspecified atom stereocenters. The van der Waals surface area contributed by atoms with Gasteiger partial charge in [-0.25, -0.2) is 9.59 Å². The van der Waals surface area contributed by atoms with Crippen molar-refractivity contribution in [3.63, 3.8) is 0 Å². The van der Waals surface area contributed by atoms with Gasteiger partial charge in [-0.2, -0.15) is 5.10 Å². The van der Waals surface area contributed by atoms with Crippen LogP contribution >= 0.6 is 0 Å². The number of hydrogen-bond acceptors (Lipinski definition) is 3. The largest absolute Gasteiger partial charge is 0.480 e. The van der Waals surface area contributed by atoms with Crippen molar-refractivity contribution in [3.05, 3.63) is 12.4 Å². The number of carbonyl (C=O) groups is 2. The van der Waals surface area contributed by atoms with Crippen LogP contribution in [-0.2, 0) is 11.8 Å². The fourth-order valence-corrected chi connectivity index (χ4v) is 1.48. The zero-order valence-electron chi connectivity index (χ0n) is 10.7. The molecule has 100 valence electrons. The number of aryl methyl sites for hydroxylation is 1. The molecule has 0 fully saturated rings. The summed E-state index contributed by atoms with van der Waals surface area (Å²) in [6.07, 6.45) is 3.78. The second kappa shape index (κ2) is 6.04. The molecule has 1 heterocycles. The summed E-state index contributed by atoms with van der Waals surface area (Å²) in [6.45, 7) is 3.66. The lowest BCUT2D eigenvalue weighted by Crippen LogP contribution is -2.46. The molecule has 7 heteroatoms. The normalized spacial score (nSPS) is 13.7. The van der Waals surface area contributed by atoms with Crippen molar-refractivity contribution in [1.29, 1.82) is 0 Å². The molecule has 0 aliphatic heterocycles.